The fourth-order valence-electron chi connectivity index (χ4n) is 1.44. The van der Waals surface area contributed by atoms with Crippen LogP contribution in [0.1, 0.15) is 26.2 Å². The highest BCUT2D eigenvalue weighted by molar-refractivity contribution is 5.51. The van der Waals surface area contributed by atoms with Crippen LogP contribution in [0.5, 0.6) is 0 Å². The van der Waals surface area contributed by atoms with E-state index in [1.54, 1.807) is 6.07 Å². The van der Waals surface area contributed by atoms with Crippen molar-refractivity contribution in [1.82, 2.24) is 9.97 Å². The molecular weight excluding hydrogens is 204 g/mol. The van der Waals surface area contributed by atoms with Gasteiger partial charge < -0.3 is 16.1 Å². The highest BCUT2D eigenvalue weighted by Gasteiger charge is 2.05. The molecule has 90 valence electrons. The maximum atomic E-state index is 5.58. The minimum absolute atomic E-state index is 0.229. The lowest BCUT2D eigenvalue weighted by Gasteiger charge is -2.18. The van der Waals surface area contributed by atoms with E-state index < -0.39 is 0 Å². The van der Waals surface area contributed by atoms with Crippen molar-refractivity contribution in [3.8, 4) is 0 Å². The average molecular weight is 224 g/mol. The Morgan fingerprint density at radius 2 is 2.12 bits per heavy atom. The van der Waals surface area contributed by atoms with Crippen LogP contribution in [0.3, 0.4) is 0 Å². The Hall–Kier alpha value is -1.56. The molecular formula is C10H20N6. The topological polar surface area (TPSA) is 93.1 Å². The first kappa shape index (κ1) is 12.5. The van der Waals surface area contributed by atoms with Crippen molar-refractivity contribution in [3.05, 3.63) is 6.07 Å². The van der Waals surface area contributed by atoms with Crippen LogP contribution in [0.25, 0.3) is 0 Å². The van der Waals surface area contributed by atoms with E-state index in [-0.39, 0.29) is 5.95 Å². The van der Waals surface area contributed by atoms with Crippen LogP contribution in [0.4, 0.5) is 17.6 Å². The fourth-order valence-corrected chi connectivity index (χ4v) is 1.44. The lowest BCUT2D eigenvalue weighted by molar-refractivity contribution is 0.701. The van der Waals surface area contributed by atoms with Gasteiger partial charge in [-0.3, -0.25) is 0 Å². The average Bonchev–Trinajstić information content (AvgIpc) is 2.28. The first-order valence-electron chi connectivity index (χ1n) is 5.49. The summed E-state index contributed by atoms with van der Waals surface area (Å²) in [6, 6.07) is 1.78. The van der Waals surface area contributed by atoms with Gasteiger partial charge in [0.2, 0.25) is 5.95 Å². The molecule has 0 saturated heterocycles. The first-order valence-corrected chi connectivity index (χ1v) is 5.49. The Labute approximate surface area is 96.0 Å². The number of rotatable bonds is 6. The molecule has 1 rings (SSSR count). The molecule has 0 aliphatic rings. The molecule has 0 saturated carbocycles. The second-order valence-electron chi connectivity index (χ2n) is 3.74. The molecule has 0 aromatic carbocycles. The summed E-state index contributed by atoms with van der Waals surface area (Å²) in [6.07, 6.45) is 3.56. The van der Waals surface area contributed by atoms with Crippen molar-refractivity contribution >= 4 is 17.6 Å². The number of unbranched alkanes of at least 4 members (excludes halogenated alkanes) is 2. The maximum absolute atomic E-state index is 5.58. The smallest absolute Gasteiger partial charge is 0.223 e. The number of nitrogens with one attached hydrogen (secondary N) is 1. The second-order valence-corrected chi connectivity index (χ2v) is 3.74. The predicted molar refractivity (Wildman–Crippen MR) is 67.0 cm³/mol. The van der Waals surface area contributed by atoms with Gasteiger partial charge in [0.25, 0.3) is 0 Å². The summed E-state index contributed by atoms with van der Waals surface area (Å²) in [7, 11) is 1.98. The van der Waals surface area contributed by atoms with Gasteiger partial charge in [-0.2, -0.15) is 9.97 Å². The molecule has 0 aliphatic heterocycles. The SMILES string of the molecule is CCCCCN(C)c1cc(NN)nc(N)n1. The molecule has 0 bridgehead atoms. The van der Waals surface area contributed by atoms with Gasteiger partial charge in [0.05, 0.1) is 0 Å². The second kappa shape index (κ2) is 6.12. The molecule has 16 heavy (non-hydrogen) atoms. The molecule has 0 spiro atoms. The molecule has 0 unspecified atom stereocenters. The monoisotopic (exact) mass is 224 g/mol. The first-order chi connectivity index (χ1) is 7.67. The van der Waals surface area contributed by atoms with Crippen LogP contribution < -0.4 is 21.9 Å². The summed E-state index contributed by atoms with van der Waals surface area (Å²) in [5, 5.41) is 0. The van der Waals surface area contributed by atoms with E-state index in [0.717, 1.165) is 18.8 Å². The summed E-state index contributed by atoms with van der Waals surface area (Å²) in [4.78, 5) is 10.1. The van der Waals surface area contributed by atoms with Gasteiger partial charge in [0.15, 0.2) is 0 Å². The van der Waals surface area contributed by atoms with Gasteiger partial charge in [-0.05, 0) is 6.42 Å². The highest BCUT2D eigenvalue weighted by atomic mass is 15.3. The standard InChI is InChI=1S/C10H20N6/c1-3-4-5-6-16(2)9-7-8(15-12)13-10(11)14-9/h7H,3-6,12H2,1-2H3,(H3,11,13,14,15). The van der Waals surface area contributed by atoms with Crippen molar-refractivity contribution in [2.45, 2.75) is 26.2 Å². The Morgan fingerprint density at radius 1 is 1.38 bits per heavy atom. The van der Waals surface area contributed by atoms with E-state index in [4.69, 9.17) is 11.6 Å². The third-order valence-corrected chi connectivity index (χ3v) is 2.37. The quantitative estimate of drug-likeness (QED) is 0.379. The van der Waals surface area contributed by atoms with Gasteiger partial charge in [0, 0.05) is 19.7 Å². The molecule has 1 heterocycles. The molecule has 0 atom stereocenters. The number of aromatic nitrogens is 2. The zero-order valence-electron chi connectivity index (χ0n) is 9.90. The van der Waals surface area contributed by atoms with Gasteiger partial charge >= 0.3 is 0 Å². The normalized spacial score (nSPS) is 10.2. The molecule has 0 fully saturated rings. The van der Waals surface area contributed by atoms with Gasteiger partial charge in [0.1, 0.15) is 11.6 Å². The summed E-state index contributed by atoms with van der Waals surface area (Å²) >= 11 is 0. The zero-order valence-corrected chi connectivity index (χ0v) is 9.90. The molecule has 5 N–H and O–H groups in total. The Morgan fingerprint density at radius 3 is 2.75 bits per heavy atom. The molecule has 1 aromatic heterocycles. The van der Waals surface area contributed by atoms with Crippen molar-refractivity contribution in [1.29, 1.82) is 0 Å². The lowest BCUT2D eigenvalue weighted by atomic mass is 10.2. The van der Waals surface area contributed by atoms with E-state index >= 15 is 0 Å². The van der Waals surface area contributed by atoms with Crippen molar-refractivity contribution in [3.63, 3.8) is 0 Å². The van der Waals surface area contributed by atoms with Crippen LogP contribution in [0.15, 0.2) is 6.07 Å². The molecule has 6 heteroatoms. The van der Waals surface area contributed by atoms with E-state index in [9.17, 15) is 0 Å². The number of anilines is 3. The number of nitrogen functional groups attached to an aromatic ring is 2. The minimum Gasteiger partial charge on any atom is -0.368 e. The summed E-state index contributed by atoms with van der Waals surface area (Å²) in [6.45, 7) is 3.13. The number of hydrazine groups is 1. The third kappa shape index (κ3) is 3.54. The molecule has 1 aromatic rings. The lowest BCUT2D eigenvalue weighted by Crippen LogP contribution is -2.21. The van der Waals surface area contributed by atoms with E-state index in [2.05, 4.69) is 27.2 Å². The van der Waals surface area contributed by atoms with Gasteiger partial charge in [-0.1, -0.05) is 19.8 Å². The van der Waals surface area contributed by atoms with Crippen LogP contribution in [0, 0.1) is 0 Å². The Kier molecular flexibility index (Phi) is 4.78. The van der Waals surface area contributed by atoms with E-state index in [0.29, 0.717) is 5.82 Å². The van der Waals surface area contributed by atoms with Crippen molar-refractivity contribution < 1.29 is 0 Å². The molecule has 0 aliphatic carbocycles. The summed E-state index contributed by atoms with van der Waals surface area (Å²) in [5.74, 6) is 6.85. The van der Waals surface area contributed by atoms with Crippen LogP contribution >= 0.6 is 0 Å². The number of hydrogen-bond acceptors (Lipinski definition) is 6. The van der Waals surface area contributed by atoms with Gasteiger partial charge in [-0.15, -0.1) is 0 Å². The molecule has 6 nitrogen and oxygen atoms in total. The van der Waals surface area contributed by atoms with Crippen LogP contribution in [-0.4, -0.2) is 23.6 Å². The maximum Gasteiger partial charge on any atom is 0.223 e. The Balaban J connectivity index is 2.66. The van der Waals surface area contributed by atoms with E-state index in [1.165, 1.54) is 12.8 Å². The van der Waals surface area contributed by atoms with E-state index in [1.807, 2.05) is 7.05 Å². The Bertz CT molecular complexity index is 327. The predicted octanol–water partition coefficient (Wildman–Crippen LogP) is 0.971. The number of nitrogens with two attached hydrogens (primary N) is 2. The third-order valence-electron chi connectivity index (χ3n) is 2.37. The number of nitrogens with zero attached hydrogens (tertiary/aromatic N) is 3. The summed E-state index contributed by atoms with van der Waals surface area (Å²) < 4.78 is 0. The van der Waals surface area contributed by atoms with Crippen LogP contribution in [-0.2, 0) is 0 Å². The largest absolute Gasteiger partial charge is 0.368 e. The molecule has 0 amide bonds. The highest BCUT2D eigenvalue weighted by Crippen LogP contribution is 2.15. The van der Waals surface area contributed by atoms with Gasteiger partial charge in [-0.25, -0.2) is 5.84 Å². The molecule has 0 radical (unpaired) electrons. The minimum atomic E-state index is 0.229. The number of hydrogen-bond donors (Lipinski definition) is 3. The zero-order chi connectivity index (χ0) is 12.0. The van der Waals surface area contributed by atoms with Crippen molar-refractivity contribution in [2.24, 2.45) is 5.84 Å². The summed E-state index contributed by atoms with van der Waals surface area (Å²) in [5.41, 5.74) is 8.06. The fraction of sp³-hybridized carbons (Fsp3) is 0.600. The van der Waals surface area contributed by atoms with Crippen molar-refractivity contribution in [2.75, 3.05) is 29.7 Å². The van der Waals surface area contributed by atoms with Crippen LogP contribution in [0.2, 0.25) is 0 Å².